The van der Waals surface area contributed by atoms with Crippen molar-refractivity contribution in [3.8, 4) is 11.5 Å². The summed E-state index contributed by atoms with van der Waals surface area (Å²) in [5.74, 6) is 1.43. The normalized spacial score (nSPS) is 14.1. The van der Waals surface area contributed by atoms with Crippen molar-refractivity contribution in [2.45, 2.75) is 39.8 Å². The van der Waals surface area contributed by atoms with E-state index in [-0.39, 0.29) is 12.5 Å². The van der Waals surface area contributed by atoms with Gasteiger partial charge >= 0.3 is 0 Å². The molecule has 120 valence electrons. The molecule has 0 amide bonds. The number of benzene rings is 1. The highest BCUT2D eigenvalue weighted by molar-refractivity contribution is 9.10. The molecule has 0 aliphatic rings. The lowest BCUT2D eigenvalue weighted by Crippen LogP contribution is -2.37. The third kappa shape index (κ3) is 5.16. The van der Waals surface area contributed by atoms with Crippen molar-refractivity contribution in [3.05, 3.63) is 22.2 Å². The SMILES string of the molecule is CCOc1cc(CNC)cc(Br)c1OCC(C)(O)C(C)C. The van der Waals surface area contributed by atoms with Crippen molar-refractivity contribution in [2.24, 2.45) is 5.92 Å². The fraction of sp³-hybridized carbons (Fsp3) is 0.625. The van der Waals surface area contributed by atoms with Gasteiger partial charge in [0.05, 0.1) is 16.7 Å². The van der Waals surface area contributed by atoms with E-state index in [0.29, 0.717) is 18.1 Å². The van der Waals surface area contributed by atoms with Crippen LogP contribution in [0.15, 0.2) is 16.6 Å². The van der Waals surface area contributed by atoms with Gasteiger partial charge in [0.25, 0.3) is 0 Å². The van der Waals surface area contributed by atoms with Gasteiger partial charge in [-0.15, -0.1) is 0 Å². The molecule has 1 aromatic carbocycles. The van der Waals surface area contributed by atoms with E-state index in [2.05, 4.69) is 21.2 Å². The standard InChI is InChI=1S/C16H26BrNO3/c1-6-20-14-8-12(9-18-5)7-13(17)15(14)21-10-16(4,19)11(2)3/h7-8,11,18-19H,6,9-10H2,1-5H3. The second kappa shape index (κ2) is 8.01. The molecule has 0 bridgehead atoms. The molecule has 5 heteroatoms. The molecule has 0 heterocycles. The summed E-state index contributed by atoms with van der Waals surface area (Å²) < 4.78 is 12.3. The molecule has 1 rings (SSSR count). The molecule has 0 aromatic heterocycles. The number of hydrogen-bond donors (Lipinski definition) is 2. The monoisotopic (exact) mass is 359 g/mol. The molecule has 0 saturated heterocycles. The highest BCUT2D eigenvalue weighted by Gasteiger charge is 2.27. The van der Waals surface area contributed by atoms with E-state index in [4.69, 9.17) is 9.47 Å². The lowest BCUT2D eigenvalue weighted by atomic mass is 9.94. The van der Waals surface area contributed by atoms with Crippen LogP contribution in [0.4, 0.5) is 0 Å². The second-order valence-corrected chi connectivity index (χ2v) is 6.52. The average Bonchev–Trinajstić information content (AvgIpc) is 2.38. The van der Waals surface area contributed by atoms with Gasteiger partial charge < -0.3 is 19.9 Å². The summed E-state index contributed by atoms with van der Waals surface area (Å²) in [6, 6.07) is 3.96. The molecule has 0 aliphatic carbocycles. The zero-order valence-electron chi connectivity index (χ0n) is 13.5. The summed E-state index contributed by atoms with van der Waals surface area (Å²) in [4.78, 5) is 0. The predicted molar refractivity (Wildman–Crippen MR) is 89.0 cm³/mol. The fourth-order valence-corrected chi connectivity index (χ4v) is 2.32. The van der Waals surface area contributed by atoms with E-state index in [9.17, 15) is 5.11 Å². The van der Waals surface area contributed by atoms with Crippen molar-refractivity contribution in [1.29, 1.82) is 0 Å². The van der Waals surface area contributed by atoms with E-state index in [1.807, 2.05) is 40.0 Å². The molecule has 0 saturated carbocycles. The fourth-order valence-electron chi connectivity index (χ4n) is 1.72. The van der Waals surface area contributed by atoms with E-state index in [0.717, 1.165) is 16.6 Å². The Balaban J connectivity index is 2.99. The smallest absolute Gasteiger partial charge is 0.175 e. The Labute approximate surface area is 136 Å². The molecule has 21 heavy (non-hydrogen) atoms. The van der Waals surface area contributed by atoms with E-state index < -0.39 is 5.60 Å². The Bertz CT molecular complexity index is 461. The summed E-state index contributed by atoms with van der Waals surface area (Å²) in [6.07, 6.45) is 0. The minimum Gasteiger partial charge on any atom is -0.490 e. The maximum atomic E-state index is 10.3. The molecule has 0 radical (unpaired) electrons. The van der Waals surface area contributed by atoms with Gasteiger partial charge in [0.2, 0.25) is 0 Å². The first kappa shape index (κ1) is 18.3. The van der Waals surface area contributed by atoms with E-state index >= 15 is 0 Å². The zero-order chi connectivity index (χ0) is 16.0. The molecule has 1 atom stereocenters. The molecule has 0 aliphatic heterocycles. The van der Waals surface area contributed by atoms with Crippen LogP contribution in [0, 0.1) is 5.92 Å². The first-order valence-corrected chi connectivity index (χ1v) is 8.06. The van der Waals surface area contributed by atoms with Crippen LogP contribution < -0.4 is 14.8 Å². The molecular formula is C16H26BrNO3. The van der Waals surface area contributed by atoms with Gasteiger partial charge in [-0.25, -0.2) is 0 Å². The van der Waals surface area contributed by atoms with Gasteiger partial charge in [0.15, 0.2) is 11.5 Å². The lowest BCUT2D eigenvalue weighted by Gasteiger charge is -2.28. The number of nitrogens with one attached hydrogen (secondary N) is 1. The highest BCUT2D eigenvalue weighted by atomic mass is 79.9. The molecule has 2 N–H and O–H groups in total. The quantitative estimate of drug-likeness (QED) is 0.747. The molecule has 0 spiro atoms. The minimum atomic E-state index is -0.882. The van der Waals surface area contributed by atoms with Crippen LogP contribution in [0.5, 0.6) is 11.5 Å². The third-order valence-electron chi connectivity index (χ3n) is 3.50. The maximum Gasteiger partial charge on any atom is 0.175 e. The Morgan fingerprint density at radius 2 is 2.00 bits per heavy atom. The van der Waals surface area contributed by atoms with Gasteiger partial charge in [-0.1, -0.05) is 13.8 Å². The highest BCUT2D eigenvalue weighted by Crippen LogP contribution is 2.37. The second-order valence-electron chi connectivity index (χ2n) is 5.67. The number of hydrogen-bond acceptors (Lipinski definition) is 4. The van der Waals surface area contributed by atoms with Crippen LogP contribution in [-0.4, -0.2) is 31.0 Å². The van der Waals surface area contributed by atoms with Crippen LogP contribution in [0.3, 0.4) is 0 Å². The Morgan fingerprint density at radius 3 is 2.52 bits per heavy atom. The summed E-state index contributed by atoms with van der Waals surface area (Å²) in [7, 11) is 1.90. The third-order valence-corrected chi connectivity index (χ3v) is 4.09. The number of rotatable bonds is 8. The zero-order valence-corrected chi connectivity index (χ0v) is 15.1. The Kier molecular flexibility index (Phi) is 6.97. The summed E-state index contributed by atoms with van der Waals surface area (Å²) in [5, 5.41) is 13.4. The van der Waals surface area contributed by atoms with E-state index in [1.54, 1.807) is 6.92 Å². The van der Waals surface area contributed by atoms with Crippen molar-refractivity contribution in [3.63, 3.8) is 0 Å². The van der Waals surface area contributed by atoms with Crippen LogP contribution in [-0.2, 0) is 6.54 Å². The molecule has 1 aromatic rings. The Morgan fingerprint density at radius 1 is 1.33 bits per heavy atom. The number of ether oxygens (including phenoxy) is 2. The maximum absolute atomic E-state index is 10.3. The Hall–Kier alpha value is -0.780. The summed E-state index contributed by atoms with van der Waals surface area (Å²) in [5.41, 5.74) is 0.225. The van der Waals surface area contributed by atoms with Crippen LogP contribution in [0.1, 0.15) is 33.3 Å². The predicted octanol–water partition coefficient (Wildman–Crippen LogP) is 3.35. The number of aliphatic hydroxyl groups is 1. The molecular weight excluding hydrogens is 334 g/mol. The lowest BCUT2D eigenvalue weighted by molar-refractivity contribution is -0.0274. The van der Waals surface area contributed by atoms with Gasteiger partial charge in [0.1, 0.15) is 6.61 Å². The topological polar surface area (TPSA) is 50.7 Å². The molecule has 4 nitrogen and oxygen atoms in total. The van der Waals surface area contributed by atoms with Crippen LogP contribution in [0.2, 0.25) is 0 Å². The first-order valence-electron chi connectivity index (χ1n) is 7.26. The summed E-state index contributed by atoms with van der Waals surface area (Å²) in [6.45, 7) is 9.19. The number of halogens is 1. The van der Waals surface area contributed by atoms with Gasteiger partial charge in [0, 0.05) is 6.54 Å². The molecule has 1 unspecified atom stereocenters. The van der Waals surface area contributed by atoms with Crippen molar-refractivity contribution in [1.82, 2.24) is 5.32 Å². The largest absolute Gasteiger partial charge is 0.490 e. The van der Waals surface area contributed by atoms with Crippen molar-refractivity contribution >= 4 is 15.9 Å². The van der Waals surface area contributed by atoms with Crippen LogP contribution in [0.25, 0.3) is 0 Å². The van der Waals surface area contributed by atoms with E-state index in [1.165, 1.54) is 0 Å². The van der Waals surface area contributed by atoms with Crippen molar-refractivity contribution < 1.29 is 14.6 Å². The average molecular weight is 360 g/mol. The summed E-state index contributed by atoms with van der Waals surface area (Å²) >= 11 is 3.53. The van der Waals surface area contributed by atoms with Gasteiger partial charge in [-0.2, -0.15) is 0 Å². The van der Waals surface area contributed by atoms with Gasteiger partial charge in [-0.05, 0) is 60.4 Å². The van der Waals surface area contributed by atoms with Crippen molar-refractivity contribution in [2.75, 3.05) is 20.3 Å². The molecule has 0 fully saturated rings. The first-order chi connectivity index (χ1) is 9.81. The van der Waals surface area contributed by atoms with Crippen LogP contribution >= 0.6 is 15.9 Å². The minimum absolute atomic E-state index is 0.107. The van der Waals surface area contributed by atoms with Gasteiger partial charge in [-0.3, -0.25) is 0 Å².